The van der Waals surface area contributed by atoms with Crippen molar-refractivity contribution in [1.29, 1.82) is 0 Å². The lowest BCUT2D eigenvalue weighted by Crippen LogP contribution is -2.94. The summed E-state index contributed by atoms with van der Waals surface area (Å²) in [7, 11) is 1.57. The Hall–Kier alpha value is -1.23. The lowest BCUT2D eigenvalue weighted by Gasteiger charge is -2.23. The summed E-state index contributed by atoms with van der Waals surface area (Å²) in [5.41, 5.74) is 0. The predicted octanol–water partition coefficient (Wildman–Crippen LogP) is -2.15. The van der Waals surface area contributed by atoms with Crippen molar-refractivity contribution in [3.8, 4) is 0 Å². The number of hydrogen-bond acceptors (Lipinski definition) is 3. The Morgan fingerprint density at radius 1 is 1.42 bits per heavy atom. The molecule has 0 radical (unpaired) electrons. The monoisotopic (exact) mass is 171 g/mol. The highest BCUT2D eigenvalue weighted by Gasteiger charge is 2.31. The Morgan fingerprint density at radius 2 is 1.92 bits per heavy atom. The fourth-order valence-corrected chi connectivity index (χ4v) is 1.21. The van der Waals surface area contributed by atoms with E-state index < -0.39 is 0 Å². The molecule has 1 aliphatic heterocycles. The van der Waals surface area contributed by atoms with Gasteiger partial charge in [-0.1, -0.05) is 0 Å². The number of piperidine rings is 1. The summed E-state index contributed by atoms with van der Waals surface area (Å²) >= 11 is 0. The van der Waals surface area contributed by atoms with Gasteiger partial charge in [-0.15, -0.1) is 0 Å². The molecule has 0 spiro atoms. The van der Waals surface area contributed by atoms with Crippen LogP contribution in [0.1, 0.15) is 12.8 Å². The Kier molecular flexibility index (Phi) is 2.54. The van der Waals surface area contributed by atoms with Crippen molar-refractivity contribution in [3.05, 3.63) is 0 Å². The first-order valence-electron chi connectivity index (χ1n) is 3.71. The molecule has 0 aromatic carbocycles. The summed E-state index contributed by atoms with van der Waals surface area (Å²) < 4.78 is 0. The van der Waals surface area contributed by atoms with Crippen molar-refractivity contribution in [2.75, 3.05) is 7.05 Å². The van der Waals surface area contributed by atoms with Gasteiger partial charge >= 0.3 is 11.8 Å². The van der Waals surface area contributed by atoms with Crippen molar-refractivity contribution in [3.63, 3.8) is 0 Å². The van der Waals surface area contributed by atoms with Crippen molar-refractivity contribution in [2.45, 2.75) is 18.9 Å². The highest BCUT2D eigenvalue weighted by Crippen LogP contribution is 2.05. The summed E-state index contributed by atoms with van der Waals surface area (Å²) in [5, 5.41) is 1.11. The molecule has 0 saturated carbocycles. The summed E-state index contributed by atoms with van der Waals surface area (Å²) in [5.74, 6) is -0.380. The third kappa shape index (κ3) is 1.88. The minimum Gasteiger partial charge on any atom is -0.344 e. The molecule has 0 atom stereocenters. The minimum absolute atomic E-state index is 0.190. The molecule has 2 N–H and O–H groups in total. The molecule has 0 aromatic heterocycles. The van der Waals surface area contributed by atoms with Crippen LogP contribution >= 0.6 is 0 Å². The van der Waals surface area contributed by atoms with E-state index in [2.05, 4.69) is 0 Å². The standard InChI is InChI=1S/C7H10N2O3/c1-9(4-10)5-2-6(11)8-7(12)3-5/h4-5H,2-3H2,1H3,(H,8,11,12)/p+1. The molecule has 1 aliphatic rings. The lowest BCUT2D eigenvalue weighted by atomic mass is 10.0. The molecular weight excluding hydrogens is 160 g/mol. The Balaban J connectivity index is 2.60. The van der Waals surface area contributed by atoms with Gasteiger partial charge in [0.05, 0.1) is 18.9 Å². The number of carbonyl (C=O) groups is 3. The van der Waals surface area contributed by atoms with Gasteiger partial charge in [-0.2, -0.15) is 0 Å². The number of primary amides is 2. The molecule has 0 bridgehead atoms. The van der Waals surface area contributed by atoms with E-state index >= 15 is 0 Å². The van der Waals surface area contributed by atoms with Gasteiger partial charge < -0.3 is 4.90 Å². The van der Waals surface area contributed by atoms with Crippen molar-refractivity contribution in [2.24, 2.45) is 0 Å². The molecule has 1 saturated heterocycles. The van der Waals surface area contributed by atoms with Gasteiger partial charge in [0.25, 0.3) is 0 Å². The van der Waals surface area contributed by atoms with E-state index in [0.717, 1.165) is 5.32 Å². The number of nitrogens with zero attached hydrogens (tertiary/aromatic N) is 1. The third-order valence-electron chi connectivity index (χ3n) is 1.94. The highest BCUT2D eigenvalue weighted by atomic mass is 16.2. The second-order valence-electron chi connectivity index (χ2n) is 2.91. The van der Waals surface area contributed by atoms with E-state index in [4.69, 9.17) is 0 Å². The zero-order valence-corrected chi connectivity index (χ0v) is 6.82. The van der Waals surface area contributed by atoms with Gasteiger partial charge in [0.1, 0.15) is 0 Å². The fraction of sp³-hybridized carbons (Fsp3) is 0.571. The Labute approximate surface area is 69.7 Å². The first kappa shape index (κ1) is 8.86. The van der Waals surface area contributed by atoms with Gasteiger partial charge in [-0.05, 0) is 0 Å². The average molecular weight is 171 g/mol. The first-order valence-corrected chi connectivity index (χ1v) is 3.71. The molecule has 1 fully saturated rings. The quantitative estimate of drug-likeness (QED) is 0.380. The molecule has 0 aliphatic carbocycles. The van der Waals surface area contributed by atoms with Crippen LogP contribution in [0, 0.1) is 0 Å². The van der Waals surface area contributed by atoms with Crippen LogP contribution in [0.2, 0.25) is 0 Å². The van der Waals surface area contributed by atoms with Gasteiger partial charge in [-0.25, -0.2) is 14.9 Å². The second-order valence-corrected chi connectivity index (χ2v) is 2.91. The smallest absolute Gasteiger partial charge is 0.319 e. The lowest BCUT2D eigenvalue weighted by molar-refractivity contribution is -0.493. The topological polar surface area (TPSA) is 71.1 Å². The molecule has 1 rings (SSSR count). The van der Waals surface area contributed by atoms with Gasteiger partial charge in [0.15, 0.2) is 0 Å². The zero-order valence-electron chi connectivity index (χ0n) is 6.82. The number of rotatable bonds is 2. The van der Waals surface area contributed by atoms with Crippen LogP contribution < -0.4 is 5.32 Å². The van der Waals surface area contributed by atoms with Crippen LogP contribution in [0.5, 0.6) is 0 Å². The second kappa shape index (κ2) is 3.44. The number of amides is 3. The number of quaternary nitrogens is 1. The van der Waals surface area contributed by atoms with Crippen molar-refractivity contribution < 1.29 is 19.7 Å². The highest BCUT2D eigenvalue weighted by molar-refractivity contribution is 5.83. The van der Waals surface area contributed by atoms with Crippen LogP contribution in [-0.4, -0.2) is 36.2 Å². The minimum atomic E-state index is -0.243. The first-order chi connectivity index (χ1) is 5.63. The number of hydrogen-bond donors (Lipinski definition) is 1. The van der Waals surface area contributed by atoms with Crippen molar-refractivity contribution >= 4 is 18.2 Å². The molecule has 1 heterocycles. The largest absolute Gasteiger partial charge is 0.344 e. The molecule has 66 valence electrons. The van der Waals surface area contributed by atoms with E-state index in [-0.39, 0.29) is 30.7 Å². The van der Waals surface area contributed by atoms with E-state index in [1.54, 1.807) is 7.05 Å². The maximum Gasteiger partial charge on any atom is 0.319 e. The maximum atomic E-state index is 10.9. The fourth-order valence-electron chi connectivity index (χ4n) is 1.21. The van der Waals surface area contributed by atoms with Crippen molar-refractivity contribution in [1.82, 2.24) is 4.90 Å². The molecule has 0 unspecified atom stereocenters. The molecule has 5 heteroatoms. The zero-order chi connectivity index (χ0) is 9.14. The van der Waals surface area contributed by atoms with E-state index in [1.165, 1.54) is 4.90 Å². The normalized spacial score (nSPS) is 19.4. The van der Waals surface area contributed by atoms with E-state index in [1.807, 2.05) is 0 Å². The molecule has 3 amide bonds. The molecule has 12 heavy (non-hydrogen) atoms. The summed E-state index contributed by atoms with van der Waals surface area (Å²) in [6.07, 6.45) is 1.17. The van der Waals surface area contributed by atoms with E-state index in [0.29, 0.717) is 6.41 Å². The van der Waals surface area contributed by atoms with Crippen LogP contribution in [0.4, 0.5) is 0 Å². The number of nitrogens with two attached hydrogens (primary N) is 1. The molecule has 5 nitrogen and oxygen atoms in total. The Morgan fingerprint density at radius 3 is 2.33 bits per heavy atom. The van der Waals surface area contributed by atoms with Gasteiger partial charge in [0.2, 0.25) is 6.41 Å². The number of carbonyl (C=O) groups excluding carboxylic acids is 3. The van der Waals surface area contributed by atoms with Crippen LogP contribution in [0.3, 0.4) is 0 Å². The average Bonchev–Trinajstić information content (AvgIpc) is 2.01. The molecule has 0 aromatic rings. The van der Waals surface area contributed by atoms with Crippen LogP contribution in [-0.2, 0) is 14.4 Å². The third-order valence-corrected chi connectivity index (χ3v) is 1.94. The van der Waals surface area contributed by atoms with Gasteiger partial charge in [-0.3, -0.25) is 4.79 Å². The SMILES string of the molecule is CN(C=O)C1CC(=O)[NH2+]C(=O)C1. The van der Waals surface area contributed by atoms with E-state index in [9.17, 15) is 14.4 Å². The summed E-state index contributed by atoms with van der Waals surface area (Å²) in [6, 6.07) is -0.243. The predicted molar refractivity (Wildman–Crippen MR) is 38.8 cm³/mol. The van der Waals surface area contributed by atoms with Crippen LogP contribution in [0.15, 0.2) is 0 Å². The summed E-state index contributed by atoms with van der Waals surface area (Å²) in [4.78, 5) is 33.4. The van der Waals surface area contributed by atoms with Crippen LogP contribution in [0.25, 0.3) is 0 Å². The number of imide groups is 1. The Bertz CT molecular complexity index is 211. The summed E-state index contributed by atoms with van der Waals surface area (Å²) in [6.45, 7) is 0. The van der Waals surface area contributed by atoms with Gasteiger partial charge in [0, 0.05) is 7.05 Å². The maximum absolute atomic E-state index is 10.9. The molecular formula is C7H11N2O3+.